The minimum atomic E-state index is -1.44. The summed E-state index contributed by atoms with van der Waals surface area (Å²) in [6.07, 6.45) is -4.74. The van der Waals surface area contributed by atoms with Crippen molar-refractivity contribution in [1.82, 2.24) is 20.4 Å². The van der Waals surface area contributed by atoms with E-state index < -0.39 is 88.8 Å². The van der Waals surface area contributed by atoms with Gasteiger partial charge in [-0.15, -0.1) is 0 Å². The highest BCUT2D eigenvalue weighted by Crippen LogP contribution is 2.38. The Morgan fingerprint density at radius 3 is 1.34 bits per heavy atom. The van der Waals surface area contributed by atoms with Crippen molar-refractivity contribution in [3.8, 4) is 0 Å². The Labute approximate surface area is 358 Å². The molecular formula is C44H56FN7O10. The van der Waals surface area contributed by atoms with Gasteiger partial charge in [0.05, 0.1) is 24.3 Å². The summed E-state index contributed by atoms with van der Waals surface area (Å²) >= 11 is 0. The van der Waals surface area contributed by atoms with Crippen LogP contribution < -0.4 is 27.0 Å². The first-order valence-corrected chi connectivity index (χ1v) is 20.3. The summed E-state index contributed by atoms with van der Waals surface area (Å²) in [4.78, 5) is 79.8. The fourth-order valence-corrected chi connectivity index (χ4v) is 8.63. The van der Waals surface area contributed by atoms with Crippen LogP contribution in [0.25, 0.3) is 0 Å². The number of β-amino-alcohol motifs (C(OH)–C–C–N with tert-alkyl or cyclic N) is 2. The molecule has 62 heavy (non-hydrogen) atoms. The lowest BCUT2D eigenvalue weighted by atomic mass is 9.80. The van der Waals surface area contributed by atoms with Crippen LogP contribution in [-0.2, 0) is 32.3 Å². The van der Waals surface area contributed by atoms with Crippen molar-refractivity contribution in [2.24, 2.45) is 22.3 Å². The number of primary amides is 2. The van der Waals surface area contributed by atoms with Crippen LogP contribution in [0.2, 0.25) is 0 Å². The van der Waals surface area contributed by atoms with Crippen LogP contribution in [-0.4, -0.2) is 103 Å². The number of hydrogen-bond acceptors (Lipinski definition) is 9. The number of nitrogens with one attached hydrogen (secondary N) is 2. The van der Waals surface area contributed by atoms with Gasteiger partial charge in [0.2, 0.25) is 23.6 Å². The first-order chi connectivity index (χ1) is 29.0. The van der Waals surface area contributed by atoms with Crippen molar-refractivity contribution in [3.63, 3.8) is 0 Å². The highest BCUT2D eigenvalue weighted by Gasteiger charge is 2.46. The minimum absolute atomic E-state index is 0.0416. The minimum Gasteiger partial charge on any atom is -0.465 e. The topological polar surface area (TPSA) is 269 Å². The lowest BCUT2D eigenvalue weighted by molar-refractivity contribution is -0.139. The van der Waals surface area contributed by atoms with Gasteiger partial charge in [0.1, 0.15) is 17.9 Å². The molecule has 2 aliphatic heterocycles. The number of aliphatic hydroxyl groups excluding tert-OH is 2. The summed E-state index contributed by atoms with van der Waals surface area (Å²) in [6.45, 7) is 6.94. The number of benzene rings is 3. The Kier molecular flexibility index (Phi) is 14.5. The first-order valence-electron chi connectivity index (χ1n) is 20.3. The van der Waals surface area contributed by atoms with E-state index in [9.17, 15) is 53.6 Å². The predicted octanol–water partition coefficient (Wildman–Crippen LogP) is 3.38. The SMILES string of the molecule is CC(C)(CC(N)=O)[C@H](NC(=O)O)C(=O)N1C[C@@H](O)C[C@H]1c1ccc(CN(Cc2ccc([C@@H]3C[C@H](O)CN3C(=O)[C@@H](NC(=O)O)C(C)(C)CC(N)=O)cc2)c2ccc(F)cc2)cc1. The highest BCUT2D eigenvalue weighted by molar-refractivity contribution is 5.89. The molecule has 5 rings (SSSR count). The number of rotatable bonds is 17. The Balaban J connectivity index is 1.35. The smallest absolute Gasteiger partial charge is 0.405 e. The monoisotopic (exact) mass is 861 g/mol. The van der Waals surface area contributed by atoms with E-state index in [0.29, 0.717) is 24.2 Å². The van der Waals surface area contributed by atoms with Gasteiger partial charge in [-0.05, 0) is 59.4 Å². The number of nitrogens with zero attached hydrogens (tertiary/aromatic N) is 3. The molecule has 6 atom stereocenters. The van der Waals surface area contributed by atoms with Gasteiger partial charge in [0.15, 0.2) is 0 Å². The second kappa shape index (κ2) is 19.2. The Hall–Kier alpha value is -6.27. The molecule has 0 unspecified atom stereocenters. The number of carbonyl (C=O) groups excluding carboxylic acids is 4. The number of anilines is 1. The average Bonchev–Trinajstić information content (AvgIpc) is 3.77. The van der Waals surface area contributed by atoms with Crippen LogP contribution in [0.4, 0.5) is 19.7 Å². The number of carboxylic acid groups (broad SMARTS) is 2. The molecule has 0 aliphatic carbocycles. The van der Waals surface area contributed by atoms with E-state index in [2.05, 4.69) is 10.6 Å². The molecule has 2 heterocycles. The molecule has 3 aromatic rings. The molecule has 10 N–H and O–H groups in total. The summed E-state index contributed by atoms with van der Waals surface area (Å²) in [5.74, 6) is -2.99. The second-order valence-electron chi connectivity index (χ2n) is 17.6. The Morgan fingerprint density at radius 1 is 0.661 bits per heavy atom. The van der Waals surface area contributed by atoms with Gasteiger partial charge < -0.3 is 57.2 Å². The summed E-state index contributed by atoms with van der Waals surface area (Å²) in [5.41, 5.74) is 12.4. The molecule has 18 heteroatoms. The number of amides is 6. The maximum absolute atomic E-state index is 14.1. The summed E-state index contributed by atoms with van der Waals surface area (Å²) in [5, 5.41) is 45.0. The zero-order valence-corrected chi connectivity index (χ0v) is 35.2. The van der Waals surface area contributed by atoms with Gasteiger partial charge in [0.25, 0.3) is 0 Å². The number of likely N-dealkylation sites (tertiary alicyclic amines) is 2. The maximum Gasteiger partial charge on any atom is 0.405 e. The normalized spacial score (nSPS) is 20.0. The highest BCUT2D eigenvalue weighted by atomic mass is 19.1. The summed E-state index contributed by atoms with van der Waals surface area (Å²) in [7, 11) is 0. The Morgan fingerprint density at radius 2 is 1.02 bits per heavy atom. The molecule has 0 aromatic heterocycles. The van der Waals surface area contributed by atoms with Gasteiger partial charge in [0, 0.05) is 55.5 Å². The number of halogens is 1. The summed E-state index contributed by atoms with van der Waals surface area (Å²) in [6, 6.07) is 17.1. The molecule has 2 saturated heterocycles. The Bertz CT molecular complexity index is 1990. The lowest BCUT2D eigenvalue weighted by Crippen LogP contribution is -2.56. The van der Waals surface area contributed by atoms with E-state index in [1.165, 1.54) is 21.9 Å². The van der Waals surface area contributed by atoms with E-state index in [1.54, 1.807) is 39.8 Å². The average molecular weight is 862 g/mol. The molecule has 17 nitrogen and oxygen atoms in total. The van der Waals surface area contributed by atoms with Crippen molar-refractivity contribution < 1.29 is 53.6 Å². The molecule has 0 spiro atoms. The third-order valence-electron chi connectivity index (χ3n) is 11.6. The van der Waals surface area contributed by atoms with Crippen LogP contribution in [0.15, 0.2) is 72.8 Å². The second-order valence-corrected chi connectivity index (χ2v) is 17.6. The maximum atomic E-state index is 14.1. The summed E-state index contributed by atoms with van der Waals surface area (Å²) < 4.78 is 14.1. The van der Waals surface area contributed by atoms with E-state index in [0.717, 1.165) is 16.8 Å². The van der Waals surface area contributed by atoms with Crippen molar-refractivity contribution in [2.75, 3.05) is 18.0 Å². The van der Waals surface area contributed by atoms with E-state index in [-0.39, 0.29) is 38.8 Å². The van der Waals surface area contributed by atoms with E-state index >= 15 is 0 Å². The van der Waals surface area contributed by atoms with Crippen LogP contribution >= 0.6 is 0 Å². The van der Waals surface area contributed by atoms with Crippen LogP contribution in [0, 0.1) is 16.6 Å². The molecule has 2 aliphatic rings. The van der Waals surface area contributed by atoms with Crippen LogP contribution in [0.5, 0.6) is 0 Å². The van der Waals surface area contributed by atoms with Gasteiger partial charge in [-0.25, -0.2) is 14.0 Å². The first kappa shape index (κ1) is 46.8. The van der Waals surface area contributed by atoms with Gasteiger partial charge in [-0.1, -0.05) is 76.2 Å². The van der Waals surface area contributed by atoms with Crippen molar-refractivity contribution in [2.45, 2.75) is 103 Å². The van der Waals surface area contributed by atoms with Gasteiger partial charge >= 0.3 is 12.2 Å². The fraction of sp³-hybridized carbons (Fsp3) is 0.455. The largest absolute Gasteiger partial charge is 0.465 e. The molecule has 0 bridgehead atoms. The number of carbonyl (C=O) groups is 6. The molecule has 2 fully saturated rings. The number of nitrogens with two attached hydrogens (primary N) is 2. The third kappa shape index (κ3) is 11.6. The predicted molar refractivity (Wildman–Crippen MR) is 224 cm³/mol. The third-order valence-corrected chi connectivity index (χ3v) is 11.6. The molecule has 3 aromatic carbocycles. The number of hydrogen-bond donors (Lipinski definition) is 8. The molecule has 0 radical (unpaired) electrons. The zero-order valence-electron chi connectivity index (χ0n) is 35.2. The standard InChI is InChI=1S/C44H56FN7O10/c1-43(2,19-35(46)55)37(48-41(59)60)39(57)51-23-31(53)17-33(51)27-9-5-25(6-10-27)21-50(30-15-13-29(45)14-16-30)22-26-7-11-28(12-8-26)34-18-32(54)24-52(34)40(58)38(49-42(61)62)44(3,4)20-36(47)56/h5-16,31-34,37-38,48-49,53-54H,17-24H2,1-4H3,(H2,46,55)(H2,47,56)(H,59,60)(H,61,62)/t31-,32-,33-,34-,37+,38+/m0/s1. The quantitative estimate of drug-likeness (QED) is 0.0975. The van der Waals surface area contributed by atoms with Gasteiger partial charge in [-0.2, -0.15) is 0 Å². The van der Waals surface area contributed by atoms with Crippen molar-refractivity contribution in [1.29, 1.82) is 0 Å². The van der Waals surface area contributed by atoms with Crippen molar-refractivity contribution in [3.05, 3.63) is 101 Å². The van der Waals surface area contributed by atoms with Crippen LogP contribution in [0.3, 0.4) is 0 Å². The van der Waals surface area contributed by atoms with Crippen LogP contribution in [0.1, 0.15) is 87.7 Å². The number of aliphatic hydroxyl groups is 2. The zero-order chi connectivity index (χ0) is 45.7. The van der Waals surface area contributed by atoms with E-state index in [1.807, 2.05) is 53.4 Å². The van der Waals surface area contributed by atoms with E-state index in [4.69, 9.17) is 11.5 Å². The molecule has 6 amide bonds. The molecular weight excluding hydrogens is 806 g/mol. The van der Waals surface area contributed by atoms with Gasteiger partial charge in [-0.3, -0.25) is 19.2 Å². The van der Waals surface area contributed by atoms with Crippen molar-refractivity contribution >= 4 is 41.5 Å². The molecule has 334 valence electrons. The fourth-order valence-electron chi connectivity index (χ4n) is 8.63. The molecule has 0 saturated carbocycles. The lowest BCUT2D eigenvalue weighted by Gasteiger charge is -2.36.